The molecule has 0 radical (unpaired) electrons. The van der Waals surface area contributed by atoms with Crippen LogP contribution >= 0.6 is 0 Å². The van der Waals surface area contributed by atoms with E-state index in [4.69, 9.17) is 9.68 Å². The fraction of sp³-hybridized carbons (Fsp3) is 0.0417. The summed E-state index contributed by atoms with van der Waals surface area (Å²) < 4.78 is 6.86. The molecule has 7 heteroatoms. The molecule has 2 heterocycles. The van der Waals surface area contributed by atoms with Crippen molar-refractivity contribution < 1.29 is 9.52 Å². The highest BCUT2D eigenvalue weighted by Gasteiger charge is 2.17. The van der Waals surface area contributed by atoms with E-state index in [9.17, 15) is 14.7 Å². The van der Waals surface area contributed by atoms with Crippen molar-refractivity contribution in [3.8, 4) is 28.6 Å². The number of nitrogens with zero attached hydrogens (tertiary/aromatic N) is 2. The molecule has 0 aliphatic rings. The third-order valence-corrected chi connectivity index (χ3v) is 5.22. The lowest BCUT2D eigenvalue weighted by Crippen LogP contribution is -2.14. The number of phenols is 1. The van der Waals surface area contributed by atoms with E-state index in [1.165, 1.54) is 4.57 Å². The summed E-state index contributed by atoms with van der Waals surface area (Å²) in [6.45, 7) is 0. The van der Waals surface area contributed by atoms with Gasteiger partial charge in [0.1, 0.15) is 11.3 Å². The van der Waals surface area contributed by atoms with Gasteiger partial charge >= 0.3 is 11.3 Å². The molecule has 0 saturated carbocycles. The van der Waals surface area contributed by atoms with E-state index in [0.717, 1.165) is 16.7 Å². The maximum Gasteiger partial charge on any atom is 0.362 e. The third kappa shape index (κ3) is 3.07. The van der Waals surface area contributed by atoms with Gasteiger partial charge < -0.3 is 9.52 Å². The quantitative estimate of drug-likeness (QED) is 0.440. The molecule has 2 N–H and O–H groups in total. The van der Waals surface area contributed by atoms with Gasteiger partial charge in [0.05, 0.1) is 23.7 Å². The molecule has 0 saturated heterocycles. The lowest BCUT2D eigenvalue weighted by Gasteiger charge is -2.08. The largest absolute Gasteiger partial charge is 0.508 e. The van der Waals surface area contributed by atoms with Crippen LogP contribution in [0.15, 0.2) is 80.7 Å². The Hall–Kier alpha value is -4.57. The molecule has 0 aliphatic carbocycles. The zero-order valence-electron chi connectivity index (χ0n) is 16.1. The first-order chi connectivity index (χ1) is 15.0. The summed E-state index contributed by atoms with van der Waals surface area (Å²) in [7, 11) is 0. The van der Waals surface area contributed by atoms with Crippen molar-refractivity contribution in [1.82, 2.24) is 9.55 Å². The first-order valence-electron chi connectivity index (χ1n) is 9.52. The Morgan fingerprint density at radius 1 is 0.968 bits per heavy atom. The van der Waals surface area contributed by atoms with Gasteiger partial charge in [-0.3, -0.25) is 9.55 Å². The highest BCUT2D eigenvalue weighted by atomic mass is 16.4. The Balaban J connectivity index is 1.80. The van der Waals surface area contributed by atoms with Crippen LogP contribution in [0, 0.1) is 11.3 Å². The van der Waals surface area contributed by atoms with Crippen molar-refractivity contribution in [3.05, 3.63) is 93.2 Å². The fourth-order valence-electron chi connectivity index (χ4n) is 3.73. The van der Waals surface area contributed by atoms with Gasteiger partial charge in [-0.05, 0) is 53.1 Å². The van der Waals surface area contributed by atoms with Gasteiger partial charge in [0, 0.05) is 5.39 Å². The Kier molecular flexibility index (Phi) is 4.19. The molecular formula is C24H15N3O4. The van der Waals surface area contributed by atoms with E-state index in [0.29, 0.717) is 22.2 Å². The maximum atomic E-state index is 12.8. The Labute approximate surface area is 175 Å². The van der Waals surface area contributed by atoms with Crippen molar-refractivity contribution in [2.24, 2.45) is 0 Å². The topological polar surface area (TPSA) is 112 Å². The van der Waals surface area contributed by atoms with Gasteiger partial charge in [0.15, 0.2) is 5.52 Å². The van der Waals surface area contributed by atoms with E-state index in [2.05, 4.69) is 11.1 Å². The predicted molar refractivity (Wildman–Crippen MR) is 116 cm³/mol. The van der Waals surface area contributed by atoms with Crippen LogP contribution in [0.25, 0.3) is 38.8 Å². The van der Waals surface area contributed by atoms with Gasteiger partial charge in [-0.25, -0.2) is 9.59 Å². The number of nitrogens with one attached hydrogen (secondary N) is 1. The van der Waals surface area contributed by atoms with Crippen molar-refractivity contribution in [2.75, 3.05) is 0 Å². The molecular weight excluding hydrogens is 394 g/mol. The summed E-state index contributed by atoms with van der Waals surface area (Å²) in [5.74, 6) is 0.164. The Bertz CT molecular complexity index is 1600. The molecule has 0 unspecified atom stereocenters. The highest BCUT2D eigenvalue weighted by Crippen LogP contribution is 2.29. The smallest absolute Gasteiger partial charge is 0.362 e. The van der Waals surface area contributed by atoms with Gasteiger partial charge in [-0.2, -0.15) is 5.26 Å². The van der Waals surface area contributed by atoms with Crippen LogP contribution in [0.1, 0.15) is 5.56 Å². The normalized spacial score (nSPS) is 11.1. The number of benzene rings is 3. The van der Waals surface area contributed by atoms with E-state index in [1.54, 1.807) is 54.6 Å². The molecule has 7 nitrogen and oxygen atoms in total. The number of H-pyrrole nitrogens is 1. The minimum Gasteiger partial charge on any atom is -0.508 e. The zero-order chi connectivity index (χ0) is 21.5. The zero-order valence-corrected chi connectivity index (χ0v) is 16.1. The summed E-state index contributed by atoms with van der Waals surface area (Å²) in [4.78, 5) is 27.9. The second-order valence-electron chi connectivity index (χ2n) is 7.14. The first kappa shape index (κ1) is 18.5. The van der Waals surface area contributed by atoms with Crippen LogP contribution in [0.2, 0.25) is 0 Å². The number of rotatable bonds is 3. The van der Waals surface area contributed by atoms with Crippen LogP contribution in [0.3, 0.4) is 0 Å². The summed E-state index contributed by atoms with van der Waals surface area (Å²) in [6.07, 6.45) is 0.269. The molecule has 0 fully saturated rings. The van der Waals surface area contributed by atoms with Gasteiger partial charge in [0.25, 0.3) is 0 Å². The minimum absolute atomic E-state index is 0.0847. The van der Waals surface area contributed by atoms with Gasteiger partial charge in [-0.15, -0.1) is 0 Å². The number of aromatic nitrogens is 2. The number of hydrogen-bond acceptors (Lipinski definition) is 5. The molecule has 5 rings (SSSR count). The van der Waals surface area contributed by atoms with Gasteiger partial charge in [0.2, 0.25) is 0 Å². The Morgan fingerprint density at radius 2 is 1.68 bits per heavy atom. The lowest BCUT2D eigenvalue weighted by atomic mass is 10.0. The molecule has 31 heavy (non-hydrogen) atoms. The number of hydrogen-bond donors (Lipinski definition) is 2. The van der Waals surface area contributed by atoms with E-state index >= 15 is 0 Å². The van der Waals surface area contributed by atoms with Gasteiger partial charge in [-0.1, -0.05) is 30.3 Å². The summed E-state index contributed by atoms with van der Waals surface area (Å²) in [5, 5.41) is 19.0. The highest BCUT2D eigenvalue weighted by molar-refractivity contribution is 6.03. The Morgan fingerprint density at radius 3 is 2.39 bits per heavy atom. The number of nitriles is 1. The second kappa shape index (κ2) is 7.04. The predicted octanol–water partition coefficient (Wildman–Crippen LogP) is 3.86. The molecule has 0 bridgehead atoms. The standard InChI is InChI=1S/C24H15N3O4/c25-12-11-14-1-6-17(7-2-14)27-22-19-13-16(15-3-8-18(28)9-4-15)5-10-20(19)31-23(29)21(22)26-24(27)30/h1-10,13,28H,11H2,(H,26,30). The molecule has 5 aromatic rings. The average Bonchev–Trinajstić information content (AvgIpc) is 3.13. The average molecular weight is 409 g/mol. The number of aromatic amines is 1. The molecule has 3 aromatic carbocycles. The van der Waals surface area contributed by atoms with Crippen LogP contribution in [0.4, 0.5) is 0 Å². The van der Waals surface area contributed by atoms with E-state index in [1.807, 2.05) is 12.1 Å². The number of fused-ring (bicyclic) bond motifs is 3. The molecule has 0 aliphatic heterocycles. The third-order valence-electron chi connectivity index (χ3n) is 5.22. The summed E-state index contributed by atoms with van der Waals surface area (Å²) >= 11 is 0. The maximum absolute atomic E-state index is 12.8. The monoisotopic (exact) mass is 409 g/mol. The molecule has 0 amide bonds. The van der Waals surface area contributed by atoms with Crippen LogP contribution in [-0.4, -0.2) is 14.7 Å². The van der Waals surface area contributed by atoms with Crippen molar-refractivity contribution in [2.45, 2.75) is 6.42 Å². The SMILES string of the molecule is N#CCc1ccc(-n2c(=O)[nH]c3c(=O)oc4ccc(-c5ccc(O)cc5)cc4c32)cc1. The second-order valence-corrected chi connectivity index (χ2v) is 7.14. The molecule has 0 spiro atoms. The first-order valence-corrected chi connectivity index (χ1v) is 9.52. The molecule has 150 valence electrons. The summed E-state index contributed by atoms with van der Waals surface area (Å²) in [5.41, 5.74) is 2.88. The van der Waals surface area contributed by atoms with Crippen molar-refractivity contribution in [3.63, 3.8) is 0 Å². The number of phenolic OH excluding ortho intramolecular Hbond substituents is 1. The van der Waals surface area contributed by atoms with Crippen LogP contribution in [0.5, 0.6) is 5.75 Å². The van der Waals surface area contributed by atoms with Crippen molar-refractivity contribution in [1.29, 1.82) is 5.26 Å². The summed E-state index contributed by atoms with van der Waals surface area (Å²) in [6, 6.07) is 21.2. The van der Waals surface area contributed by atoms with Crippen LogP contribution in [-0.2, 0) is 6.42 Å². The minimum atomic E-state index is -0.628. The number of aromatic hydroxyl groups is 1. The van der Waals surface area contributed by atoms with Crippen molar-refractivity contribution >= 4 is 22.0 Å². The fourth-order valence-corrected chi connectivity index (χ4v) is 3.73. The lowest BCUT2D eigenvalue weighted by molar-refractivity contribution is 0.475. The van der Waals surface area contributed by atoms with E-state index < -0.39 is 11.3 Å². The molecule has 2 aromatic heterocycles. The van der Waals surface area contributed by atoms with E-state index in [-0.39, 0.29) is 17.7 Å². The number of imidazole rings is 1. The molecule has 0 atom stereocenters. The van der Waals surface area contributed by atoms with Crippen LogP contribution < -0.4 is 11.3 Å².